The predicted molar refractivity (Wildman–Crippen MR) is 77.2 cm³/mol. The number of benzene rings is 2. The summed E-state index contributed by atoms with van der Waals surface area (Å²) in [5.74, 6) is 4.28. The molecule has 0 aromatic heterocycles. The van der Waals surface area contributed by atoms with Crippen LogP contribution in [-0.2, 0) is 0 Å². The van der Waals surface area contributed by atoms with Crippen molar-refractivity contribution in [3.63, 3.8) is 0 Å². The molecule has 2 nitrogen and oxygen atoms in total. The Morgan fingerprint density at radius 2 is 1.95 bits per heavy atom. The number of hydrogen-bond donors (Lipinski definition) is 0. The number of para-hydroxylation sites is 2. The quantitative estimate of drug-likeness (QED) is 0.675. The average Bonchev–Trinajstić information content (AvgIpc) is 2.59. The van der Waals surface area contributed by atoms with Crippen LogP contribution in [0.4, 0.5) is 5.69 Å². The van der Waals surface area contributed by atoms with E-state index in [2.05, 4.69) is 36.2 Å². The maximum Gasteiger partial charge on any atom is 0.172 e. The highest BCUT2D eigenvalue weighted by atomic mass is 32.2. The lowest BCUT2D eigenvalue weighted by Gasteiger charge is -2.20. The first-order valence-electron chi connectivity index (χ1n) is 6.18. The summed E-state index contributed by atoms with van der Waals surface area (Å²) < 4.78 is 5.91. The molecule has 19 heavy (non-hydrogen) atoms. The Balaban J connectivity index is 1.91. The van der Waals surface area contributed by atoms with Gasteiger partial charge in [-0.2, -0.15) is 0 Å². The SMILES string of the molecule is C1#CN2COc3ccccc3C1Sc1ccccc12. The number of hydrogen-bond acceptors (Lipinski definition) is 3. The highest BCUT2D eigenvalue weighted by Crippen LogP contribution is 2.45. The van der Waals surface area contributed by atoms with Crippen LogP contribution < -0.4 is 9.64 Å². The molecule has 2 aromatic carbocycles. The number of anilines is 1. The fraction of sp³-hybridized carbons (Fsp3) is 0.125. The van der Waals surface area contributed by atoms with Gasteiger partial charge < -0.3 is 4.74 Å². The second-order valence-electron chi connectivity index (χ2n) is 4.46. The monoisotopic (exact) mass is 265 g/mol. The predicted octanol–water partition coefficient (Wildman–Crippen LogP) is 3.65. The first kappa shape index (κ1) is 10.8. The van der Waals surface area contributed by atoms with Crippen LogP contribution in [0.1, 0.15) is 10.8 Å². The molecule has 2 heterocycles. The van der Waals surface area contributed by atoms with Crippen LogP contribution in [0.5, 0.6) is 5.75 Å². The smallest absolute Gasteiger partial charge is 0.172 e. The Kier molecular flexibility index (Phi) is 2.43. The highest BCUT2D eigenvalue weighted by Gasteiger charge is 2.24. The van der Waals surface area contributed by atoms with E-state index in [1.807, 2.05) is 29.2 Å². The van der Waals surface area contributed by atoms with Crippen LogP contribution in [-0.4, -0.2) is 6.73 Å². The normalized spacial score (nSPS) is 18.9. The van der Waals surface area contributed by atoms with Crippen LogP contribution in [0.25, 0.3) is 0 Å². The third-order valence-electron chi connectivity index (χ3n) is 3.28. The summed E-state index contributed by atoms with van der Waals surface area (Å²) >= 11 is 1.79. The molecule has 3 heteroatoms. The van der Waals surface area contributed by atoms with E-state index in [1.54, 1.807) is 11.8 Å². The molecule has 2 bridgehead atoms. The van der Waals surface area contributed by atoms with E-state index in [-0.39, 0.29) is 5.25 Å². The molecule has 0 saturated carbocycles. The van der Waals surface area contributed by atoms with E-state index in [4.69, 9.17) is 4.74 Å². The summed E-state index contributed by atoms with van der Waals surface area (Å²) in [4.78, 5) is 3.23. The topological polar surface area (TPSA) is 12.5 Å². The van der Waals surface area contributed by atoms with Gasteiger partial charge >= 0.3 is 0 Å². The van der Waals surface area contributed by atoms with Crippen molar-refractivity contribution in [1.82, 2.24) is 0 Å². The number of rotatable bonds is 0. The molecule has 2 aliphatic heterocycles. The van der Waals surface area contributed by atoms with Gasteiger partial charge in [0.05, 0.1) is 5.69 Å². The Morgan fingerprint density at radius 3 is 2.95 bits per heavy atom. The Bertz CT molecular complexity index is 701. The first-order chi connectivity index (χ1) is 9.42. The Morgan fingerprint density at radius 1 is 1.11 bits per heavy atom. The maximum atomic E-state index is 5.91. The average molecular weight is 265 g/mol. The summed E-state index contributed by atoms with van der Waals surface area (Å²) in [5.41, 5.74) is 2.30. The van der Waals surface area contributed by atoms with E-state index < -0.39 is 0 Å². The molecule has 0 N–H and O–H groups in total. The molecule has 2 aromatic rings. The fourth-order valence-corrected chi connectivity index (χ4v) is 3.48. The number of nitrogens with zero attached hydrogens (tertiary/aromatic N) is 1. The van der Waals surface area contributed by atoms with Crippen molar-refractivity contribution in [2.45, 2.75) is 10.1 Å². The number of thioether (sulfide) groups is 1. The van der Waals surface area contributed by atoms with Crippen molar-refractivity contribution >= 4 is 17.4 Å². The fourth-order valence-electron chi connectivity index (χ4n) is 2.34. The van der Waals surface area contributed by atoms with E-state index in [1.165, 1.54) is 4.90 Å². The molecule has 0 amide bonds. The minimum atomic E-state index is 0.127. The molecule has 0 radical (unpaired) electrons. The van der Waals surface area contributed by atoms with Gasteiger partial charge in [0.2, 0.25) is 0 Å². The largest absolute Gasteiger partial charge is 0.472 e. The third-order valence-corrected chi connectivity index (χ3v) is 4.49. The zero-order valence-corrected chi connectivity index (χ0v) is 11.0. The van der Waals surface area contributed by atoms with Gasteiger partial charge in [0.15, 0.2) is 6.73 Å². The Labute approximate surface area is 116 Å². The van der Waals surface area contributed by atoms with E-state index >= 15 is 0 Å². The van der Waals surface area contributed by atoms with Gasteiger partial charge in [-0.1, -0.05) is 36.3 Å². The zero-order valence-electron chi connectivity index (χ0n) is 10.2. The van der Waals surface area contributed by atoms with Crippen LogP contribution in [0.15, 0.2) is 53.4 Å². The summed E-state index contributed by atoms with van der Waals surface area (Å²) in [5, 5.41) is 0.127. The van der Waals surface area contributed by atoms with Crippen molar-refractivity contribution in [2.75, 3.05) is 11.6 Å². The summed E-state index contributed by atoms with van der Waals surface area (Å²) in [6.07, 6.45) is 0. The van der Waals surface area contributed by atoms with Gasteiger partial charge in [0.25, 0.3) is 0 Å². The molecular weight excluding hydrogens is 254 g/mol. The molecule has 0 spiro atoms. The first-order valence-corrected chi connectivity index (χ1v) is 7.06. The van der Waals surface area contributed by atoms with E-state index in [0.717, 1.165) is 17.0 Å². The van der Waals surface area contributed by atoms with Crippen molar-refractivity contribution in [1.29, 1.82) is 0 Å². The summed E-state index contributed by atoms with van der Waals surface area (Å²) in [6.45, 7) is 0.467. The highest BCUT2D eigenvalue weighted by molar-refractivity contribution is 8.00. The summed E-state index contributed by atoms with van der Waals surface area (Å²) in [7, 11) is 0. The molecule has 1 atom stereocenters. The van der Waals surface area contributed by atoms with Gasteiger partial charge in [0, 0.05) is 16.5 Å². The van der Waals surface area contributed by atoms with Crippen LogP contribution in [0, 0.1) is 12.0 Å². The molecule has 92 valence electrons. The molecule has 0 fully saturated rings. The maximum absolute atomic E-state index is 5.91. The zero-order chi connectivity index (χ0) is 12.7. The second-order valence-corrected chi connectivity index (χ2v) is 5.61. The lowest BCUT2D eigenvalue weighted by atomic mass is 10.1. The lowest BCUT2D eigenvalue weighted by Crippen LogP contribution is -2.23. The molecule has 2 aliphatic rings. The van der Waals surface area contributed by atoms with Crippen molar-refractivity contribution < 1.29 is 4.74 Å². The summed E-state index contributed by atoms with van der Waals surface area (Å²) in [6, 6.07) is 19.7. The van der Waals surface area contributed by atoms with Gasteiger partial charge in [-0.05, 0) is 18.2 Å². The minimum absolute atomic E-state index is 0.127. The van der Waals surface area contributed by atoms with Gasteiger partial charge in [0.1, 0.15) is 11.0 Å². The van der Waals surface area contributed by atoms with Crippen LogP contribution in [0.2, 0.25) is 0 Å². The van der Waals surface area contributed by atoms with E-state index in [0.29, 0.717) is 6.73 Å². The molecule has 0 saturated heterocycles. The number of fused-ring (bicyclic) bond motifs is 6. The van der Waals surface area contributed by atoms with Gasteiger partial charge in [-0.15, -0.1) is 11.8 Å². The van der Waals surface area contributed by atoms with Crippen molar-refractivity contribution in [3.8, 4) is 17.7 Å². The second kappa shape index (κ2) is 4.25. The lowest BCUT2D eigenvalue weighted by molar-refractivity contribution is 0.323. The molecule has 0 aliphatic carbocycles. The minimum Gasteiger partial charge on any atom is -0.472 e. The van der Waals surface area contributed by atoms with E-state index in [9.17, 15) is 0 Å². The molecular formula is C16H11NOS. The standard InChI is InChI=1S/C16H11NOS/c1-3-7-14-12(5-1)15-9-10-17(11-18-14)13-6-2-4-8-16(13)19-15/h1-8,15H,11H2. The van der Waals surface area contributed by atoms with Crippen molar-refractivity contribution in [3.05, 3.63) is 54.1 Å². The molecule has 1 unspecified atom stereocenters. The number of ether oxygens (including phenoxy) is 1. The van der Waals surface area contributed by atoms with Gasteiger partial charge in [-0.3, -0.25) is 4.90 Å². The third kappa shape index (κ3) is 1.76. The molecule has 4 rings (SSSR count). The van der Waals surface area contributed by atoms with Gasteiger partial charge in [-0.25, -0.2) is 0 Å². The van der Waals surface area contributed by atoms with Crippen LogP contribution in [0.3, 0.4) is 0 Å². The Hall–Kier alpha value is -2.05. The van der Waals surface area contributed by atoms with Crippen LogP contribution >= 0.6 is 11.8 Å². The van der Waals surface area contributed by atoms with Crippen molar-refractivity contribution in [2.24, 2.45) is 0 Å².